The highest BCUT2D eigenvalue weighted by atomic mass is 35.5. The van der Waals surface area contributed by atoms with Gasteiger partial charge in [-0.05, 0) is 58.6 Å². The lowest BCUT2D eigenvalue weighted by Gasteiger charge is -2.46. The molecule has 0 radical (unpaired) electrons. The van der Waals surface area contributed by atoms with E-state index in [1.54, 1.807) is 20.8 Å². The van der Waals surface area contributed by atoms with E-state index in [0.29, 0.717) is 5.70 Å². The Balaban J connectivity index is 2.18. The maximum Gasteiger partial charge on any atom is 0.336 e. The lowest BCUT2D eigenvalue weighted by atomic mass is 9.71. The van der Waals surface area contributed by atoms with Crippen molar-refractivity contribution in [2.75, 3.05) is 26.9 Å². The molecule has 0 saturated heterocycles. The van der Waals surface area contributed by atoms with Gasteiger partial charge in [0, 0.05) is 29.3 Å². The molecule has 34 heavy (non-hydrogen) atoms. The molecule has 9 heteroatoms. The van der Waals surface area contributed by atoms with E-state index < -0.39 is 35.3 Å². The third kappa shape index (κ3) is 5.56. The number of carbonyl (C=O) groups excluding carboxylic acids is 2. The van der Waals surface area contributed by atoms with Crippen molar-refractivity contribution in [1.82, 2.24) is 5.32 Å². The molecular weight excluding hydrogens is 465 g/mol. The number of allylic oxidation sites excluding steroid dienone is 1. The summed E-state index contributed by atoms with van der Waals surface area (Å²) in [7, 11) is 1.54. The molecule has 1 aromatic rings. The van der Waals surface area contributed by atoms with Crippen LogP contribution in [-0.2, 0) is 28.5 Å². The summed E-state index contributed by atoms with van der Waals surface area (Å²) in [5.41, 5.74) is -0.768. The molecule has 3 rings (SSSR count). The van der Waals surface area contributed by atoms with Crippen molar-refractivity contribution in [2.45, 2.75) is 64.2 Å². The smallest absolute Gasteiger partial charge is 0.336 e. The van der Waals surface area contributed by atoms with Crippen molar-refractivity contribution in [1.29, 1.82) is 0 Å². The van der Waals surface area contributed by atoms with E-state index in [1.165, 1.54) is 25.3 Å². The Morgan fingerprint density at radius 2 is 1.94 bits per heavy atom. The quantitative estimate of drug-likeness (QED) is 0.397. The molecule has 7 nitrogen and oxygen atoms in total. The van der Waals surface area contributed by atoms with Crippen molar-refractivity contribution in [3.8, 4) is 0 Å². The number of carbonyl (C=O) groups is 2. The second kappa shape index (κ2) is 11.5. The zero-order valence-electron chi connectivity index (χ0n) is 20.1. The minimum absolute atomic E-state index is 0.0306. The standard InChI is InChI=1S/C25H33ClFNO6/c1-5-32-23(29)19-15(2)28-25(3,33-14-13-31-4)22(24(30)34-16-9-6-7-10-16)21(19)20-17(26)11-8-12-18(20)27/h8,11-12,16,21-22,28H,5-7,9-10,13-14H2,1-4H3. The highest BCUT2D eigenvalue weighted by Gasteiger charge is 2.54. The largest absolute Gasteiger partial charge is 0.463 e. The van der Waals surface area contributed by atoms with Crippen LogP contribution in [0.2, 0.25) is 5.02 Å². The van der Waals surface area contributed by atoms with Crippen LogP contribution in [0.15, 0.2) is 29.5 Å². The topological polar surface area (TPSA) is 83.1 Å². The molecule has 1 fully saturated rings. The first-order valence-corrected chi connectivity index (χ1v) is 12.0. The van der Waals surface area contributed by atoms with Gasteiger partial charge in [0.15, 0.2) is 0 Å². The van der Waals surface area contributed by atoms with Crippen LogP contribution in [-0.4, -0.2) is 50.7 Å². The van der Waals surface area contributed by atoms with Gasteiger partial charge in [-0.15, -0.1) is 0 Å². The molecule has 1 aliphatic heterocycles. The van der Waals surface area contributed by atoms with Crippen LogP contribution in [0.3, 0.4) is 0 Å². The van der Waals surface area contributed by atoms with Gasteiger partial charge < -0.3 is 24.3 Å². The zero-order chi connectivity index (χ0) is 24.9. The molecule has 1 heterocycles. The number of nitrogens with one attached hydrogen (secondary N) is 1. The second-order valence-electron chi connectivity index (χ2n) is 8.77. The number of esters is 2. The molecule has 0 amide bonds. The van der Waals surface area contributed by atoms with Crippen LogP contribution in [0, 0.1) is 11.7 Å². The van der Waals surface area contributed by atoms with E-state index in [4.69, 9.17) is 30.5 Å². The van der Waals surface area contributed by atoms with E-state index in [0.717, 1.165) is 25.7 Å². The third-order valence-electron chi connectivity index (χ3n) is 6.41. The molecule has 0 bridgehead atoms. The Morgan fingerprint density at radius 1 is 1.24 bits per heavy atom. The Labute approximate surface area is 204 Å². The SMILES string of the molecule is CCOC(=O)C1=C(C)NC(C)(OCCOC)C(C(=O)OC2CCCC2)C1c1c(F)cccc1Cl. The molecule has 1 saturated carbocycles. The first-order valence-electron chi connectivity index (χ1n) is 11.7. The van der Waals surface area contributed by atoms with Crippen molar-refractivity contribution < 1.29 is 32.9 Å². The van der Waals surface area contributed by atoms with E-state index in [9.17, 15) is 9.59 Å². The lowest BCUT2D eigenvalue weighted by Crippen LogP contribution is -2.60. The molecule has 0 spiro atoms. The van der Waals surface area contributed by atoms with Crippen LogP contribution in [0.25, 0.3) is 0 Å². The minimum atomic E-state index is -1.33. The summed E-state index contributed by atoms with van der Waals surface area (Å²) < 4.78 is 37.7. The van der Waals surface area contributed by atoms with Gasteiger partial charge in [-0.3, -0.25) is 4.79 Å². The number of hydrogen-bond acceptors (Lipinski definition) is 7. The summed E-state index contributed by atoms with van der Waals surface area (Å²) in [5.74, 6) is -4.09. The Hall–Kier alpha value is -2.16. The average molecular weight is 498 g/mol. The van der Waals surface area contributed by atoms with Crippen molar-refractivity contribution in [3.05, 3.63) is 45.9 Å². The number of halogens is 2. The fourth-order valence-corrected chi connectivity index (χ4v) is 5.19. The van der Waals surface area contributed by atoms with Gasteiger partial charge in [-0.1, -0.05) is 17.7 Å². The Bertz CT molecular complexity index is 912. The molecule has 3 unspecified atom stereocenters. The highest BCUT2D eigenvalue weighted by molar-refractivity contribution is 6.31. The van der Waals surface area contributed by atoms with Gasteiger partial charge in [0.25, 0.3) is 0 Å². The molecule has 3 atom stereocenters. The normalized spacial score (nSPS) is 25.2. The van der Waals surface area contributed by atoms with Gasteiger partial charge in [0.1, 0.15) is 23.6 Å². The maximum atomic E-state index is 15.3. The van der Waals surface area contributed by atoms with Crippen LogP contribution in [0.1, 0.15) is 57.9 Å². The van der Waals surface area contributed by atoms with Gasteiger partial charge in [-0.2, -0.15) is 0 Å². The monoisotopic (exact) mass is 497 g/mol. The average Bonchev–Trinajstić information content (AvgIpc) is 3.26. The molecular formula is C25H33ClFNO6. The van der Waals surface area contributed by atoms with E-state index >= 15 is 4.39 Å². The summed E-state index contributed by atoms with van der Waals surface area (Å²) in [4.78, 5) is 26.8. The van der Waals surface area contributed by atoms with Crippen LogP contribution in [0.5, 0.6) is 0 Å². The fourth-order valence-electron chi connectivity index (χ4n) is 4.91. The van der Waals surface area contributed by atoms with Crippen molar-refractivity contribution in [2.24, 2.45) is 5.92 Å². The predicted molar refractivity (Wildman–Crippen MR) is 125 cm³/mol. The fraction of sp³-hybridized carbons (Fsp3) is 0.600. The van der Waals surface area contributed by atoms with Crippen LogP contribution < -0.4 is 5.32 Å². The van der Waals surface area contributed by atoms with E-state index in [-0.39, 0.29) is 42.1 Å². The first-order chi connectivity index (χ1) is 16.2. The van der Waals surface area contributed by atoms with Crippen LogP contribution >= 0.6 is 11.6 Å². The predicted octanol–water partition coefficient (Wildman–Crippen LogP) is 4.48. The van der Waals surface area contributed by atoms with Crippen molar-refractivity contribution in [3.63, 3.8) is 0 Å². The third-order valence-corrected chi connectivity index (χ3v) is 6.74. The molecule has 1 aromatic carbocycles. The number of methoxy groups -OCH3 is 1. The van der Waals surface area contributed by atoms with Crippen LogP contribution in [0.4, 0.5) is 4.39 Å². The molecule has 188 valence electrons. The summed E-state index contributed by atoms with van der Waals surface area (Å²) >= 11 is 6.47. The van der Waals surface area contributed by atoms with E-state index in [2.05, 4.69) is 5.32 Å². The van der Waals surface area contributed by atoms with Gasteiger partial charge in [0.2, 0.25) is 0 Å². The second-order valence-corrected chi connectivity index (χ2v) is 9.17. The molecule has 1 aliphatic carbocycles. The zero-order valence-corrected chi connectivity index (χ0v) is 20.9. The molecule has 0 aromatic heterocycles. The maximum absolute atomic E-state index is 15.3. The first kappa shape index (κ1) is 26.4. The summed E-state index contributed by atoms with van der Waals surface area (Å²) in [6.45, 7) is 5.60. The van der Waals surface area contributed by atoms with E-state index in [1.807, 2.05) is 0 Å². The minimum Gasteiger partial charge on any atom is -0.463 e. The summed E-state index contributed by atoms with van der Waals surface area (Å²) in [6, 6.07) is 4.26. The summed E-state index contributed by atoms with van der Waals surface area (Å²) in [6.07, 6.45) is 3.23. The molecule has 2 aliphatic rings. The Kier molecular flexibility index (Phi) is 8.95. The number of hydrogen-bond donors (Lipinski definition) is 1. The lowest BCUT2D eigenvalue weighted by molar-refractivity contribution is -0.176. The Morgan fingerprint density at radius 3 is 2.56 bits per heavy atom. The number of benzene rings is 1. The summed E-state index contributed by atoms with van der Waals surface area (Å²) in [5, 5.41) is 3.27. The van der Waals surface area contributed by atoms with Gasteiger partial charge in [-0.25, -0.2) is 9.18 Å². The van der Waals surface area contributed by atoms with Gasteiger partial charge >= 0.3 is 11.9 Å². The number of rotatable bonds is 9. The van der Waals surface area contributed by atoms with Gasteiger partial charge in [0.05, 0.1) is 25.4 Å². The molecule has 1 N–H and O–H groups in total. The number of ether oxygens (including phenoxy) is 4. The van der Waals surface area contributed by atoms with Crippen molar-refractivity contribution >= 4 is 23.5 Å². The highest BCUT2D eigenvalue weighted by Crippen LogP contribution is 2.48.